The summed E-state index contributed by atoms with van der Waals surface area (Å²) in [6.45, 7) is 3.29. The van der Waals surface area contributed by atoms with E-state index in [4.69, 9.17) is 4.74 Å². The number of aromatic nitrogens is 1. The molecule has 0 spiro atoms. The number of imide groups is 1. The zero-order chi connectivity index (χ0) is 22.3. The Morgan fingerprint density at radius 3 is 2.29 bits per heavy atom. The van der Waals surface area contributed by atoms with Crippen LogP contribution in [0.25, 0.3) is 10.2 Å². The van der Waals surface area contributed by atoms with Crippen molar-refractivity contribution in [1.29, 1.82) is 0 Å². The smallest absolute Gasteiger partial charge is 0.325 e. The van der Waals surface area contributed by atoms with E-state index in [0.717, 1.165) is 26.2 Å². The van der Waals surface area contributed by atoms with E-state index in [9.17, 15) is 19.2 Å². The van der Waals surface area contributed by atoms with Crippen molar-refractivity contribution in [3.63, 3.8) is 0 Å². The molecule has 1 aliphatic rings. The van der Waals surface area contributed by atoms with Crippen molar-refractivity contribution in [2.45, 2.75) is 20.4 Å². The molecule has 1 aliphatic heterocycles. The normalized spacial score (nSPS) is 13.8. The highest BCUT2D eigenvalue weighted by atomic mass is 32.1. The van der Waals surface area contributed by atoms with Gasteiger partial charge in [-0.25, -0.2) is 0 Å². The number of rotatable bonds is 4. The van der Waals surface area contributed by atoms with E-state index >= 15 is 0 Å². The van der Waals surface area contributed by atoms with Crippen molar-refractivity contribution < 1.29 is 23.9 Å². The minimum atomic E-state index is -0.658. The van der Waals surface area contributed by atoms with Gasteiger partial charge in [0.15, 0.2) is 4.80 Å². The molecule has 0 N–H and O–H groups in total. The van der Waals surface area contributed by atoms with Crippen LogP contribution in [0, 0.1) is 13.8 Å². The Morgan fingerprint density at radius 2 is 1.68 bits per heavy atom. The number of amides is 3. The van der Waals surface area contributed by atoms with Crippen molar-refractivity contribution in [3.05, 3.63) is 63.5 Å². The number of ether oxygens (including phenoxy) is 1. The van der Waals surface area contributed by atoms with Gasteiger partial charge in [-0.1, -0.05) is 29.5 Å². The molecule has 31 heavy (non-hydrogen) atoms. The van der Waals surface area contributed by atoms with Gasteiger partial charge < -0.3 is 9.30 Å². The SMILES string of the molecule is COC(=O)Cn1c(=NC(=O)CN2C(=O)c3ccccc3C2=O)sc2cc(C)cc(C)c21. The molecule has 4 rings (SSSR count). The Balaban J connectivity index is 1.72. The number of esters is 1. The third-order valence-corrected chi connectivity index (χ3v) is 6.04. The first-order chi connectivity index (χ1) is 14.8. The average Bonchev–Trinajstić information content (AvgIpc) is 3.18. The maximum atomic E-state index is 12.7. The predicted octanol–water partition coefficient (Wildman–Crippen LogP) is 2.22. The van der Waals surface area contributed by atoms with Crippen LogP contribution in [0.4, 0.5) is 0 Å². The van der Waals surface area contributed by atoms with Crippen LogP contribution in [0.1, 0.15) is 31.8 Å². The second-order valence-electron chi connectivity index (χ2n) is 7.22. The number of benzene rings is 2. The van der Waals surface area contributed by atoms with Gasteiger partial charge in [0, 0.05) is 0 Å². The number of carbonyl (C=O) groups is 4. The molecule has 0 bridgehead atoms. The third-order valence-electron chi connectivity index (χ3n) is 5.02. The first-order valence-electron chi connectivity index (χ1n) is 9.50. The van der Waals surface area contributed by atoms with Gasteiger partial charge in [0.2, 0.25) is 0 Å². The summed E-state index contributed by atoms with van der Waals surface area (Å²) in [5, 5.41) is 0. The number of methoxy groups -OCH3 is 1. The molecule has 2 heterocycles. The molecule has 158 valence electrons. The summed E-state index contributed by atoms with van der Waals surface area (Å²) in [6.07, 6.45) is 0. The summed E-state index contributed by atoms with van der Waals surface area (Å²) >= 11 is 1.26. The fourth-order valence-corrected chi connectivity index (χ4v) is 4.90. The Labute approximate surface area is 181 Å². The number of hydrogen-bond acceptors (Lipinski definition) is 6. The van der Waals surface area contributed by atoms with Crippen molar-refractivity contribution in [1.82, 2.24) is 9.47 Å². The van der Waals surface area contributed by atoms with Gasteiger partial charge in [0.05, 0.1) is 28.5 Å². The van der Waals surface area contributed by atoms with Gasteiger partial charge in [-0.3, -0.25) is 24.1 Å². The van der Waals surface area contributed by atoms with Crippen LogP contribution < -0.4 is 4.80 Å². The molecule has 3 amide bonds. The van der Waals surface area contributed by atoms with Gasteiger partial charge in [0.1, 0.15) is 13.1 Å². The topological polar surface area (TPSA) is 98.0 Å². The highest BCUT2D eigenvalue weighted by Gasteiger charge is 2.36. The summed E-state index contributed by atoms with van der Waals surface area (Å²) in [7, 11) is 1.29. The summed E-state index contributed by atoms with van der Waals surface area (Å²) in [5.41, 5.74) is 3.31. The van der Waals surface area contributed by atoms with Crippen LogP contribution in [0.2, 0.25) is 0 Å². The molecule has 0 fully saturated rings. The van der Waals surface area contributed by atoms with Gasteiger partial charge in [0.25, 0.3) is 17.7 Å². The van der Waals surface area contributed by atoms with Crippen LogP contribution in [0.15, 0.2) is 41.4 Å². The molecule has 0 saturated carbocycles. The lowest BCUT2D eigenvalue weighted by atomic mass is 10.1. The standard InChI is InChI=1S/C22H19N3O5S/c1-12-8-13(2)19-16(9-12)31-22(24(19)11-18(27)30-3)23-17(26)10-25-20(28)14-6-4-5-7-15(14)21(25)29/h4-9H,10-11H2,1-3H3. The zero-order valence-electron chi connectivity index (χ0n) is 17.2. The number of aryl methyl sites for hydroxylation is 2. The minimum Gasteiger partial charge on any atom is -0.468 e. The average molecular weight is 437 g/mol. The second kappa shape index (κ2) is 7.92. The predicted molar refractivity (Wildman–Crippen MR) is 114 cm³/mol. The molecule has 0 unspecified atom stereocenters. The minimum absolute atomic E-state index is 0.112. The molecule has 0 aliphatic carbocycles. The van der Waals surface area contributed by atoms with E-state index in [1.165, 1.54) is 18.4 Å². The van der Waals surface area contributed by atoms with Crippen LogP contribution in [-0.2, 0) is 20.9 Å². The molecule has 3 aromatic rings. The molecular weight excluding hydrogens is 418 g/mol. The lowest BCUT2D eigenvalue weighted by molar-refractivity contribution is -0.141. The van der Waals surface area contributed by atoms with Crippen molar-refractivity contribution in [2.75, 3.05) is 13.7 Å². The van der Waals surface area contributed by atoms with Crippen LogP contribution in [-0.4, -0.2) is 46.8 Å². The molecule has 9 heteroatoms. The number of carbonyl (C=O) groups excluding carboxylic acids is 4. The van der Waals surface area contributed by atoms with Crippen molar-refractivity contribution >= 4 is 45.2 Å². The summed E-state index contributed by atoms with van der Waals surface area (Å²) in [4.78, 5) is 55.0. The molecule has 0 saturated heterocycles. The van der Waals surface area contributed by atoms with E-state index < -0.39 is 30.2 Å². The molecule has 2 aromatic carbocycles. The van der Waals surface area contributed by atoms with Crippen LogP contribution in [0.3, 0.4) is 0 Å². The van der Waals surface area contributed by atoms with E-state index in [1.807, 2.05) is 26.0 Å². The maximum Gasteiger partial charge on any atom is 0.325 e. The molecule has 8 nitrogen and oxygen atoms in total. The van der Waals surface area contributed by atoms with Crippen LogP contribution in [0.5, 0.6) is 0 Å². The lowest BCUT2D eigenvalue weighted by Gasteiger charge is -2.10. The number of thiazole rings is 1. The molecule has 0 atom stereocenters. The lowest BCUT2D eigenvalue weighted by Crippen LogP contribution is -2.35. The summed E-state index contributed by atoms with van der Waals surface area (Å²) in [6, 6.07) is 10.4. The fraction of sp³-hybridized carbons (Fsp3) is 0.227. The monoisotopic (exact) mass is 437 g/mol. The summed E-state index contributed by atoms with van der Waals surface area (Å²) < 4.78 is 7.28. The van der Waals surface area contributed by atoms with E-state index in [0.29, 0.717) is 4.80 Å². The van der Waals surface area contributed by atoms with Gasteiger partial charge in [-0.05, 0) is 43.2 Å². The highest BCUT2D eigenvalue weighted by molar-refractivity contribution is 7.16. The van der Waals surface area contributed by atoms with Gasteiger partial charge in [-0.2, -0.15) is 4.99 Å². The maximum absolute atomic E-state index is 12.7. The van der Waals surface area contributed by atoms with E-state index in [2.05, 4.69) is 4.99 Å². The third kappa shape index (κ3) is 3.68. The Hall–Kier alpha value is -3.59. The van der Waals surface area contributed by atoms with Crippen LogP contribution >= 0.6 is 11.3 Å². The quantitative estimate of drug-likeness (QED) is 0.460. The Morgan fingerprint density at radius 1 is 1.03 bits per heavy atom. The van der Waals surface area contributed by atoms with Crippen molar-refractivity contribution in [3.8, 4) is 0 Å². The Kier molecular flexibility index (Phi) is 5.28. The molecule has 1 aromatic heterocycles. The summed E-state index contributed by atoms with van der Waals surface area (Å²) in [5.74, 6) is -2.17. The zero-order valence-corrected chi connectivity index (χ0v) is 18.0. The first-order valence-corrected chi connectivity index (χ1v) is 10.3. The fourth-order valence-electron chi connectivity index (χ4n) is 3.68. The highest BCUT2D eigenvalue weighted by Crippen LogP contribution is 2.24. The molecular formula is C22H19N3O5S. The first kappa shape index (κ1) is 20.7. The number of fused-ring (bicyclic) bond motifs is 2. The van der Waals surface area contributed by atoms with Gasteiger partial charge in [-0.15, -0.1) is 0 Å². The Bertz CT molecular complexity index is 1300. The van der Waals surface area contributed by atoms with Gasteiger partial charge >= 0.3 is 5.97 Å². The number of nitrogens with zero attached hydrogens (tertiary/aromatic N) is 3. The second-order valence-corrected chi connectivity index (χ2v) is 8.23. The number of hydrogen-bond donors (Lipinski definition) is 0. The van der Waals surface area contributed by atoms with E-state index in [1.54, 1.807) is 28.8 Å². The van der Waals surface area contributed by atoms with Crippen molar-refractivity contribution in [2.24, 2.45) is 4.99 Å². The van der Waals surface area contributed by atoms with E-state index in [-0.39, 0.29) is 17.7 Å². The largest absolute Gasteiger partial charge is 0.468 e. The molecule has 0 radical (unpaired) electrons.